The molecule has 0 radical (unpaired) electrons. The van der Waals surface area contributed by atoms with Gasteiger partial charge in [0.25, 0.3) is 0 Å². The summed E-state index contributed by atoms with van der Waals surface area (Å²) >= 11 is 5.26. The first kappa shape index (κ1) is 15.5. The highest BCUT2D eigenvalue weighted by molar-refractivity contribution is 7.71. The Balaban J connectivity index is 2.86. The van der Waals surface area contributed by atoms with Gasteiger partial charge in [0.2, 0.25) is 0 Å². The number of aromatic nitrogens is 1. The van der Waals surface area contributed by atoms with Crippen LogP contribution in [0, 0.1) is 16.0 Å². The molecule has 0 saturated carbocycles. The quantitative estimate of drug-likeness (QED) is 0.596. The van der Waals surface area contributed by atoms with Gasteiger partial charge in [-0.2, -0.15) is 5.26 Å². The Kier molecular flexibility index (Phi) is 4.44. The molecule has 0 amide bonds. The lowest BCUT2D eigenvalue weighted by Gasteiger charge is -2.12. The molecule has 0 aliphatic carbocycles. The van der Waals surface area contributed by atoms with Crippen LogP contribution in [0.2, 0.25) is 0 Å². The lowest BCUT2D eigenvalue weighted by molar-refractivity contribution is 0.373. The van der Waals surface area contributed by atoms with Crippen molar-refractivity contribution in [2.24, 2.45) is 4.99 Å². The topological polar surface area (TPSA) is 107 Å². The average molecular weight is 314 g/mol. The highest BCUT2D eigenvalue weighted by Gasteiger charge is 2.16. The number of methoxy groups -OCH3 is 1. The van der Waals surface area contributed by atoms with E-state index in [1.54, 1.807) is 25.4 Å². The number of nitrogens with zero attached hydrogens (tertiary/aromatic N) is 2. The van der Waals surface area contributed by atoms with Gasteiger partial charge >= 0.3 is 0 Å². The number of nitrogens with two attached hydrogens (primary N) is 1. The molecule has 7 heteroatoms. The first-order chi connectivity index (χ1) is 10.5. The highest BCUT2D eigenvalue weighted by Crippen LogP contribution is 2.35. The maximum absolute atomic E-state index is 9.97. The number of nitrogens with one attached hydrogen (secondary N) is 1. The van der Waals surface area contributed by atoms with E-state index in [4.69, 9.17) is 22.7 Å². The van der Waals surface area contributed by atoms with Crippen LogP contribution in [0.1, 0.15) is 11.1 Å². The summed E-state index contributed by atoms with van der Waals surface area (Å²) in [6, 6.07) is 6.88. The Bertz CT molecular complexity index is 850. The molecule has 6 nitrogen and oxygen atoms in total. The number of aromatic hydroxyl groups is 1. The molecule has 0 spiro atoms. The van der Waals surface area contributed by atoms with Gasteiger partial charge in [0.05, 0.1) is 7.11 Å². The van der Waals surface area contributed by atoms with Crippen molar-refractivity contribution < 1.29 is 9.84 Å². The van der Waals surface area contributed by atoms with E-state index in [0.29, 0.717) is 27.1 Å². The monoisotopic (exact) mass is 314 g/mol. The number of H-pyrrole nitrogens is 1. The minimum Gasteiger partial charge on any atom is -0.504 e. The van der Waals surface area contributed by atoms with E-state index in [1.807, 2.05) is 0 Å². The molecule has 22 heavy (non-hydrogen) atoms. The fraction of sp³-hybridized carbons (Fsp3) is 0.133. The fourth-order valence-electron chi connectivity index (χ4n) is 2.15. The van der Waals surface area contributed by atoms with Crippen LogP contribution in [0.15, 0.2) is 23.2 Å². The van der Waals surface area contributed by atoms with Gasteiger partial charge in [0.15, 0.2) is 11.5 Å². The number of hydrogen-bond donors (Lipinski definition) is 3. The van der Waals surface area contributed by atoms with Crippen molar-refractivity contribution in [1.82, 2.24) is 4.98 Å². The zero-order valence-electron chi connectivity index (χ0n) is 12.0. The van der Waals surface area contributed by atoms with Crippen LogP contribution in [-0.2, 0) is 0 Å². The molecule has 1 aromatic heterocycles. The van der Waals surface area contributed by atoms with Crippen LogP contribution in [-0.4, -0.2) is 30.5 Å². The first-order valence-electron chi connectivity index (χ1n) is 6.28. The van der Waals surface area contributed by atoms with Crippen LogP contribution in [0.5, 0.6) is 11.5 Å². The van der Waals surface area contributed by atoms with Crippen molar-refractivity contribution in [3.8, 4) is 28.7 Å². The first-order valence-corrected chi connectivity index (χ1v) is 6.69. The van der Waals surface area contributed by atoms with Crippen molar-refractivity contribution >= 4 is 24.3 Å². The molecule has 112 valence electrons. The van der Waals surface area contributed by atoms with E-state index >= 15 is 0 Å². The van der Waals surface area contributed by atoms with Crippen molar-refractivity contribution in [2.75, 3.05) is 19.9 Å². The SMILES string of the molecule is CN=Cc1c(-c2ccc(OC)c(O)c2)c(C#N)c(N)[nH]c1=S. The van der Waals surface area contributed by atoms with Gasteiger partial charge in [-0.3, -0.25) is 4.99 Å². The molecule has 0 atom stereocenters. The van der Waals surface area contributed by atoms with E-state index in [0.717, 1.165) is 0 Å². The lowest BCUT2D eigenvalue weighted by atomic mass is 9.96. The Morgan fingerprint density at radius 3 is 2.77 bits per heavy atom. The van der Waals surface area contributed by atoms with Gasteiger partial charge < -0.3 is 20.6 Å². The molecular formula is C15H14N4O2S. The van der Waals surface area contributed by atoms with E-state index < -0.39 is 0 Å². The number of ether oxygens (including phenoxy) is 1. The molecule has 1 heterocycles. The molecule has 0 aliphatic heterocycles. The van der Waals surface area contributed by atoms with E-state index in [2.05, 4.69) is 16.0 Å². The fourth-order valence-corrected chi connectivity index (χ4v) is 2.41. The summed E-state index contributed by atoms with van der Waals surface area (Å²) in [6.07, 6.45) is 1.55. The Labute approximate surface area is 132 Å². The molecule has 1 aromatic carbocycles. The number of nitrogen functional groups attached to an aromatic ring is 1. The normalized spacial score (nSPS) is 10.6. The predicted octanol–water partition coefficient (Wildman–Crippen LogP) is 2.63. The van der Waals surface area contributed by atoms with Crippen LogP contribution in [0.4, 0.5) is 5.82 Å². The maximum Gasteiger partial charge on any atom is 0.160 e. The van der Waals surface area contributed by atoms with Gasteiger partial charge in [0.1, 0.15) is 22.1 Å². The van der Waals surface area contributed by atoms with E-state index in [-0.39, 0.29) is 17.1 Å². The number of pyridine rings is 1. The number of hydrogen-bond acceptors (Lipinski definition) is 6. The molecule has 0 fully saturated rings. The zero-order chi connectivity index (χ0) is 16.3. The number of anilines is 1. The molecule has 0 unspecified atom stereocenters. The van der Waals surface area contributed by atoms with Gasteiger partial charge in [-0.1, -0.05) is 18.3 Å². The second kappa shape index (κ2) is 6.28. The van der Waals surface area contributed by atoms with Crippen LogP contribution >= 0.6 is 12.2 Å². The van der Waals surface area contributed by atoms with E-state index in [9.17, 15) is 10.4 Å². The smallest absolute Gasteiger partial charge is 0.160 e. The summed E-state index contributed by atoms with van der Waals surface area (Å²) in [6.45, 7) is 0. The van der Waals surface area contributed by atoms with Gasteiger partial charge in [-0.25, -0.2) is 0 Å². The Hall–Kier alpha value is -2.85. The lowest BCUT2D eigenvalue weighted by Crippen LogP contribution is -2.03. The molecule has 0 aliphatic rings. The standard InChI is InChI=1S/C15H14N4O2S/c1-18-7-10-13(9(6-16)14(17)19-15(10)22)8-3-4-12(21-2)11(20)5-8/h3-5,7,20H,1-2H3,(H3,17,19,22). The molecule has 0 bridgehead atoms. The molecular weight excluding hydrogens is 300 g/mol. The number of benzene rings is 1. The largest absolute Gasteiger partial charge is 0.504 e. The van der Waals surface area contributed by atoms with E-state index in [1.165, 1.54) is 13.2 Å². The van der Waals surface area contributed by atoms with Gasteiger partial charge in [-0.05, 0) is 17.7 Å². The third-order valence-electron chi connectivity index (χ3n) is 3.12. The summed E-state index contributed by atoms with van der Waals surface area (Å²) < 4.78 is 5.39. The summed E-state index contributed by atoms with van der Waals surface area (Å²) in [5.74, 6) is 0.466. The minimum absolute atomic E-state index is 0.0411. The molecule has 0 saturated heterocycles. The summed E-state index contributed by atoms with van der Waals surface area (Å²) in [7, 11) is 3.06. The summed E-state index contributed by atoms with van der Waals surface area (Å²) in [4.78, 5) is 6.75. The number of nitriles is 1. The third-order valence-corrected chi connectivity index (χ3v) is 3.44. The van der Waals surface area contributed by atoms with Crippen molar-refractivity contribution in [3.05, 3.63) is 34.0 Å². The average Bonchev–Trinajstić information content (AvgIpc) is 2.49. The maximum atomic E-state index is 9.97. The number of aromatic amines is 1. The van der Waals surface area contributed by atoms with Crippen LogP contribution in [0.25, 0.3) is 11.1 Å². The third kappa shape index (κ3) is 2.64. The minimum atomic E-state index is -0.0411. The Morgan fingerprint density at radius 1 is 1.50 bits per heavy atom. The predicted molar refractivity (Wildman–Crippen MR) is 87.9 cm³/mol. The number of phenols is 1. The number of rotatable bonds is 3. The van der Waals surface area contributed by atoms with Gasteiger partial charge in [0, 0.05) is 24.4 Å². The zero-order valence-corrected chi connectivity index (χ0v) is 12.9. The number of aliphatic imine (C=N–C) groups is 1. The molecule has 4 N–H and O–H groups in total. The summed E-state index contributed by atoms with van der Waals surface area (Å²) in [5.41, 5.74) is 7.77. The Morgan fingerprint density at radius 2 is 2.23 bits per heavy atom. The summed E-state index contributed by atoms with van der Waals surface area (Å²) in [5, 5.41) is 19.4. The second-order valence-corrected chi connectivity index (χ2v) is 4.83. The van der Waals surface area contributed by atoms with Crippen molar-refractivity contribution in [1.29, 1.82) is 5.26 Å². The molecule has 2 rings (SSSR count). The van der Waals surface area contributed by atoms with Gasteiger partial charge in [-0.15, -0.1) is 0 Å². The second-order valence-electron chi connectivity index (χ2n) is 4.42. The number of phenolic OH excluding ortho intramolecular Hbond substituents is 1. The van der Waals surface area contributed by atoms with Crippen molar-refractivity contribution in [3.63, 3.8) is 0 Å². The molecule has 2 aromatic rings. The highest BCUT2D eigenvalue weighted by atomic mass is 32.1. The van der Waals surface area contributed by atoms with Crippen molar-refractivity contribution in [2.45, 2.75) is 0 Å². The van der Waals surface area contributed by atoms with Crippen LogP contribution < -0.4 is 10.5 Å². The van der Waals surface area contributed by atoms with Crippen LogP contribution in [0.3, 0.4) is 0 Å².